The lowest BCUT2D eigenvalue weighted by Crippen LogP contribution is -2.40. The summed E-state index contributed by atoms with van der Waals surface area (Å²) in [6, 6.07) is 5.28. The van der Waals surface area contributed by atoms with Crippen molar-refractivity contribution in [2.45, 2.75) is 5.25 Å². The monoisotopic (exact) mass is 377 g/mol. The largest absolute Gasteiger partial charge is 0.743 e. The van der Waals surface area contributed by atoms with E-state index in [4.69, 9.17) is 0 Å². The van der Waals surface area contributed by atoms with Gasteiger partial charge in [-0.2, -0.15) is 8.78 Å². The van der Waals surface area contributed by atoms with Gasteiger partial charge in [-0.05, 0) is 46.9 Å². The third kappa shape index (κ3) is 3.33. The summed E-state index contributed by atoms with van der Waals surface area (Å²) in [5, 5.41) is -5.10. The van der Waals surface area contributed by atoms with Crippen molar-refractivity contribution >= 4 is 38.7 Å². The minimum atomic E-state index is -6.09. The fourth-order valence-corrected chi connectivity index (χ4v) is 1.38. The summed E-state index contributed by atoms with van der Waals surface area (Å²) in [5.41, 5.74) is 0. The van der Waals surface area contributed by atoms with Crippen LogP contribution in [0.3, 0.4) is 0 Å². The van der Waals surface area contributed by atoms with E-state index < -0.39 is 21.3 Å². The van der Waals surface area contributed by atoms with Crippen LogP contribution >= 0.6 is 22.6 Å². The van der Waals surface area contributed by atoms with Crippen LogP contribution in [0.25, 0.3) is 0 Å². The first-order valence-electron chi connectivity index (χ1n) is 3.95. The molecule has 0 aliphatic rings. The van der Waals surface area contributed by atoms with Gasteiger partial charge in [0.2, 0.25) is 0 Å². The second kappa shape index (κ2) is 4.82. The number of ether oxygens (including phenoxy) is 1. The highest BCUT2D eigenvalue weighted by molar-refractivity contribution is 14.1. The zero-order valence-corrected chi connectivity index (χ0v) is 10.9. The molecule has 94 valence electrons. The van der Waals surface area contributed by atoms with Crippen LogP contribution in [0.15, 0.2) is 24.3 Å². The van der Waals surface area contributed by atoms with E-state index in [9.17, 15) is 26.5 Å². The fourth-order valence-electron chi connectivity index (χ4n) is 0.771. The van der Waals surface area contributed by atoms with E-state index in [1.807, 2.05) is 22.6 Å². The summed E-state index contributed by atoms with van der Waals surface area (Å²) in [7, 11) is -6.09. The van der Waals surface area contributed by atoms with Crippen molar-refractivity contribution in [1.29, 1.82) is 0 Å². The van der Waals surface area contributed by atoms with E-state index in [0.717, 1.165) is 3.57 Å². The highest BCUT2D eigenvalue weighted by Crippen LogP contribution is 2.24. The van der Waals surface area contributed by atoms with Crippen LogP contribution in [0.1, 0.15) is 0 Å². The molecule has 1 aromatic rings. The van der Waals surface area contributed by atoms with Gasteiger partial charge in [-0.25, -0.2) is 13.2 Å². The number of esters is 1. The number of rotatable bonds is 3. The van der Waals surface area contributed by atoms with Crippen molar-refractivity contribution < 1.29 is 31.3 Å². The Labute approximate surface area is 109 Å². The maximum atomic E-state index is 12.7. The fraction of sp³-hybridized carbons (Fsp3) is 0.125. The number of hydrogen-bond donors (Lipinski definition) is 0. The number of carbonyl (C=O) groups is 1. The molecule has 0 heterocycles. The van der Waals surface area contributed by atoms with E-state index in [2.05, 4.69) is 4.74 Å². The molecule has 0 saturated carbocycles. The Kier molecular flexibility index (Phi) is 4.04. The maximum Gasteiger partial charge on any atom is 0.429 e. The van der Waals surface area contributed by atoms with Crippen LogP contribution in [-0.4, -0.2) is 24.2 Å². The van der Waals surface area contributed by atoms with Crippen LogP contribution in [0.2, 0.25) is 0 Å². The molecule has 0 N–H and O–H groups in total. The molecule has 0 atom stereocenters. The van der Waals surface area contributed by atoms with Crippen LogP contribution in [-0.2, 0) is 14.9 Å². The maximum absolute atomic E-state index is 12.7. The summed E-state index contributed by atoms with van der Waals surface area (Å²) >= 11 is 1.92. The molecule has 0 amide bonds. The Hall–Kier alpha value is -0.810. The molecule has 9 heteroatoms. The standard InChI is InChI=1S/C8H5F2IO5S/c9-8(10,17(13,14)15)7(12)16-6-3-1-5(11)2-4-6/h1-4H,(H,13,14,15)/p-1. The van der Waals surface area contributed by atoms with Crippen molar-refractivity contribution in [3.8, 4) is 5.75 Å². The second-order valence-electron chi connectivity index (χ2n) is 2.81. The molecule has 0 radical (unpaired) electrons. The van der Waals surface area contributed by atoms with Gasteiger partial charge in [0.15, 0.2) is 10.1 Å². The number of carbonyl (C=O) groups excluding carboxylic acids is 1. The lowest BCUT2D eigenvalue weighted by atomic mass is 10.3. The lowest BCUT2D eigenvalue weighted by Gasteiger charge is -2.17. The summed E-state index contributed by atoms with van der Waals surface area (Å²) in [5.74, 6) is -2.70. The van der Waals surface area contributed by atoms with Gasteiger partial charge in [-0.3, -0.25) is 0 Å². The molecule has 0 bridgehead atoms. The average molecular weight is 377 g/mol. The molecule has 0 aromatic heterocycles. The molecule has 0 fully saturated rings. The third-order valence-corrected chi connectivity index (χ3v) is 3.09. The van der Waals surface area contributed by atoms with E-state index in [-0.39, 0.29) is 5.75 Å². The van der Waals surface area contributed by atoms with Crippen molar-refractivity contribution in [3.05, 3.63) is 27.8 Å². The Balaban J connectivity index is 2.90. The van der Waals surface area contributed by atoms with Gasteiger partial charge in [0.05, 0.1) is 0 Å². The van der Waals surface area contributed by atoms with Gasteiger partial charge in [-0.1, -0.05) is 0 Å². The Morgan fingerprint density at radius 2 is 1.76 bits per heavy atom. The highest BCUT2D eigenvalue weighted by atomic mass is 127. The first-order chi connectivity index (χ1) is 7.64. The second-order valence-corrected chi connectivity index (χ2v) is 5.48. The molecule has 0 aliphatic carbocycles. The normalized spacial score (nSPS) is 12.2. The van der Waals surface area contributed by atoms with E-state index in [0.29, 0.717) is 0 Å². The van der Waals surface area contributed by atoms with Crippen LogP contribution < -0.4 is 4.74 Å². The minimum Gasteiger partial charge on any atom is -0.743 e. The smallest absolute Gasteiger partial charge is 0.429 e. The molecule has 0 saturated heterocycles. The van der Waals surface area contributed by atoms with Gasteiger partial charge < -0.3 is 9.29 Å². The Morgan fingerprint density at radius 1 is 1.29 bits per heavy atom. The van der Waals surface area contributed by atoms with Gasteiger partial charge in [0.25, 0.3) is 0 Å². The molecule has 17 heavy (non-hydrogen) atoms. The average Bonchev–Trinajstić information content (AvgIpc) is 2.19. The predicted molar refractivity (Wildman–Crippen MR) is 59.4 cm³/mol. The topological polar surface area (TPSA) is 83.5 Å². The van der Waals surface area contributed by atoms with Gasteiger partial charge in [-0.15, -0.1) is 0 Å². The van der Waals surface area contributed by atoms with Gasteiger partial charge in [0.1, 0.15) is 5.75 Å². The van der Waals surface area contributed by atoms with E-state index in [1.165, 1.54) is 24.3 Å². The zero-order valence-electron chi connectivity index (χ0n) is 7.89. The third-order valence-electron chi connectivity index (χ3n) is 1.58. The van der Waals surface area contributed by atoms with Crippen LogP contribution in [0.4, 0.5) is 8.78 Å². The zero-order chi connectivity index (χ0) is 13.3. The minimum absolute atomic E-state index is 0.279. The van der Waals surface area contributed by atoms with Crippen LogP contribution in [0.5, 0.6) is 5.75 Å². The molecule has 0 unspecified atom stereocenters. The number of alkyl halides is 2. The molecule has 1 aromatic carbocycles. The summed E-state index contributed by atoms with van der Waals surface area (Å²) < 4.78 is 60.7. The SMILES string of the molecule is O=C(Oc1ccc(I)cc1)C(F)(F)S(=O)(=O)[O-]. The molecule has 0 aliphatic heterocycles. The molecular weight excluding hydrogens is 373 g/mol. The van der Waals surface area contributed by atoms with E-state index in [1.54, 1.807) is 0 Å². The number of benzene rings is 1. The van der Waals surface area contributed by atoms with Crippen molar-refractivity contribution in [1.82, 2.24) is 0 Å². The first kappa shape index (κ1) is 14.3. The number of halogens is 3. The van der Waals surface area contributed by atoms with Gasteiger partial charge >= 0.3 is 11.2 Å². The van der Waals surface area contributed by atoms with Crippen molar-refractivity contribution in [2.24, 2.45) is 0 Å². The quantitative estimate of drug-likeness (QED) is 0.344. The molecule has 5 nitrogen and oxygen atoms in total. The summed E-state index contributed by atoms with van der Waals surface area (Å²) in [6.07, 6.45) is 0. The Morgan fingerprint density at radius 3 is 2.18 bits per heavy atom. The molecular formula is C8H4F2IO5S-. The number of hydrogen-bond acceptors (Lipinski definition) is 5. The van der Waals surface area contributed by atoms with Crippen molar-refractivity contribution in [2.75, 3.05) is 0 Å². The van der Waals surface area contributed by atoms with Crippen molar-refractivity contribution in [3.63, 3.8) is 0 Å². The molecule has 0 spiro atoms. The summed E-state index contributed by atoms with van der Waals surface area (Å²) in [6.45, 7) is 0. The predicted octanol–water partition coefficient (Wildman–Crippen LogP) is 1.33. The first-order valence-corrected chi connectivity index (χ1v) is 6.44. The lowest BCUT2D eigenvalue weighted by molar-refractivity contribution is -0.151. The Bertz CT molecular complexity index is 525. The summed E-state index contributed by atoms with van der Waals surface area (Å²) in [4.78, 5) is 10.8. The van der Waals surface area contributed by atoms with E-state index >= 15 is 0 Å². The van der Waals surface area contributed by atoms with Gasteiger partial charge in [0, 0.05) is 3.57 Å². The molecule has 1 rings (SSSR count). The van der Waals surface area contributed by atoms with Crippen LogP contribution in [0, 0.1) is 3.57 Å². The highest BCUT2D eigenvalue weighted by Gasteiger charge is 2.48.